The quantitative estimate of drug-likeness (QED) is 0.589. The maximum atomic E-state index is 5.80. The lowest BCUT2D eigenvalue weighted by atomic mass is 10.2. The first-order chi connectivity index (χ1) is 6.38. The number of hydrogen-bond acceptors (Lipinski definition) is 1. The van der Waals surface area contributed by atoms with E-state index in [4.69, 9.17) is 4.43 Å². The number of rotatable bonds is 3. The Bertz CT molecular complexity index is 341. The summed E-state index contributed by atoms with van der Waals surface area (Å²) in [6.45, 7) is 10.4. The van der Waals surface area contributed by atoms with Crippen LogP contribution in [0, 0.1) is 0 Å². The molecule has 0 amide bonds. The Morgan fingerprint density at radius 2 is 2.00 bits per heavy atom. The molecule has 1 rings (SSSR count). The molecule has 0 spiro atoms. The van der Waals surface area contributed by atoms with Crippen molar-refractivity contribution in [3.8, 4) is 0 Å². The van der Waals surface area contributed by atoms with Gasteiger partial charge in [0.1, 0.15) is 5.76 Å². The van der Waals surface area contributed by atoms with E-state index in [2.05, 4.69) is 42.1 Å². The van der Waals surface area contributed by atoms with Crippen molar-refractivity contribution in [1.82, 2.24) is 0 Å². The fourth-order valence-corrected chi connectivity index (χ4v) is 2.35. The molecule has 0 atom stereocenters. The summed E-state index contributed by atoms with van der Waals surface area (Å²) in [7, 11) is -1.54. The normalized spacial score (nSPS) is 11.1. The molecule has 0 aliphatic carbocycles. The first-order valence-corrected chi connectivity index (χ1v) is 8.72. The molecule has 0 aromatic heterocycles. The third-order valence-electron chi connectivity index (χ3n) is 1.58. The zero-order valence-corrected chi connectivity index (χ0v) is 11.4. The molecule has 0 bridgehead atoms. The first kappa shape index (κ1) is 11.5. The fraction of sp³-hybridized carbons (Fsp3) is 0.273. The van der Waals surface area contributed by atoms with Crippen LogP contribution in [0.1, 0.15) is 5.56 Å². The van der Waals surface area contributed by atoms with E-state index in [1.54, 1.807) is 0 Å². The summed E-state index contributed by atoms with van der Waals surface area (Å²) in [5.41, 5.74) is 1.04. The molecule has 14 heavy (non-hydrogen) atoms. The van der Waals surface area contributed by atoms with Gasteiger partial charge >= 0.3 is 0 Å². The van der Waals surface area contributed by atoms with Crippen molar-refractivity contribution in [3.63, 3.8) is 0 Å². The van der Waals surface area contributed by atoms with E-state index in [9.17, 15) is 0 Å². The van der Waals surface area contributed by atoms with Gasteiger partial charge in [0.05, 0.1) is 0 Å². The SMILES string of the molecule is C=C(O[Si](C)(C)C)c1cccc(Br)c1. The summed E-state index contributed by atoms with van der Waals surface area (Å²) in [6.07, 6.45) is 0. The molecule has 0 N–H and O–H groups in total. The molecule has 0 unspecified atom stereocenters. The molecular formula is C11H15BrOSi. The van der Waals surface area contributed by atoms with E-state index in [0.717, 1.165) is 15.8 Å². The maximum absolute atomic E-state index is 5.80. The number of hydrogen-bond donors (Lipinski definition) is 0. The van der Waals surface area contributed by atoms with Crippen molar-refractivity contribution in [3.05, 3.63) is 40.9 Å². The van der Waals surface area contributed by atoms with Crippen LogP contribution in [-0.2, 0) is 4.43 Å². The molecule has 0 saturated carbocycles. The Morgan fingerprint density at radius 3 is 2.50 bits per heavy atom. The Hall–Kier alpha value is -0.543. The van der Waals surface area contributed by atoms with Crippen LogP contribution in [0.2, 0.25) is 19.6 Å². The van der Waals surface area contributed by atoms with Gasteiger partial charge in [-0.05, 0) is 31.8 Å². The average Bonchev–Trinajstić information content (AvgIpc) is 2.01. The summed E-state index contributed by atoms with van der Waals surface area (Å²) in [5.74, 6) is 0.769. The Labute approximate surface area is 95.1 Å². The molecule has 0 heterocycles. The van der Waals surface area contributed by atoms with Gasteiger partial charge in [0.2, 0.25) is 8.32 Å². The summed E-state index contributed by atoms with van der Waals surface area (Å²) in [4.78, 5) is 0. The second kappa shape index (κ2) is 4.32. The van der Waals surface area contributed by atoms with E-state index in [1.165, 1.54) is 0 Å². The molecule has 1 nitrogen and oxygen atoms in total. The monoisotopic (exact) mass is 270 g/mol. The third-order valence-corrected chi connectivity index (χ3v) is 2.93. The zero-order chi connectivity index (χ0) is 10.8. The van der Waals surface area contributed by atoms with Gasteiger partial charge in [0.15, 0.2) is 0 Å². The molecule has 0 radical (unpaired) electrons. The molecule has 3 heteroatoms. The molecular weight excluding hydrogens is 256 g/mol. The van der Waals surface area contributed by atoms with Gasteiger partial charge in [-0.25, -0.2) is 0 Å². The minimum Gasteiger partial charge on any atom is -0.544 e. The van der Waals surface area contributed by atoms with Crippen LogP contribution in [0.15, 0.2) is 35.3 Å². The van der Waals surface area contributed by atoms with Crippen LogP contribution in [0.25, 0.3) is 5.76 Å². The van der Waals surface area contributed by atoms with Crippen molar-refractivity contribution in [1.29, 1.82) is 0 Å². The highest BCUT2D eigenvalue weighted by atomic mass is 79.9. The molecule has 0 aliphatic rings. The largest absolute Gasteiger partial charge is 0.544 e. The Balaban J connectivity index is 2.80. The van der Waals surface area contributed by atoms with Gasteiger partial charge in [0.25, 0.3) is 0 Å². The predicted molar refractivity (Wildman–Crippen MR) is 67.6 cm³/mol. The van der Waals surface area contributed by atoms with Crippen molar-refractivity contribution in [2.75, 3.05) is 0 Å². The van der Waals surface area contributed by atoms with Gasteiger partial charge in [-0.2, -0.15) is 0 Å². The number of benzene rings is 1. The van der Waals surface area contributed by atoms with E-state index in [-0.39, 0.29) is 0 Å². The van der Waals surface area contributed by atoms with E-state index in [1.807, 2.05) is 24.3 Å². The highest BCUT2D eigenvalue weighted by molar-refractivity contribution is 9.10. The summed E-state index contributed by atoms with van der Waals surface area (Å²) in [5, 5.41) is 0. The summed E-state index contributed by atoms with van der Waals surface area (Å²) in [6, 6.07) is 8.00. The van der Waals surface area contributed by atoms with Gasteiger partial charge in [-0.3, -0.25) is 0 Å². The topological polar surface area (TPSA) is 9.23 Å². The molecule has 0 saturated heterocycles. The average molecular weight is 271 g/mol. The number of halogens is 1. The zero-order valence-electron chi connectivity index (χ0n) is 8.80. The van der Waals surface area contributed by atoms with Crippen molar-refractivity contribution < 1.29 is 4.43 Å². The lowest BCUT2D eigenvalue weighted by molar-refractivity contribution is 0.516. The minimum atomic E-state index is -1.54. The van der Waals surface area contributed by atoms with Crippen LogP contribution in [0.3, 0.4) is 0 Å². The second-order valence-electron chi connectivity index (χ2n) is 4.15. The van der Waals surface area contributed by atoms with Gasteiger partial charge < -0.3 is 4.43 Å². The van der Waals surface area contributed by atoms with Crippen LogP contribution in [-0.4, -0.2) is 8.32 Å². The fourth-order valence-electron chi connectivity index (χ4n) is 1.09. The smallest absolute Gasteiger partial charge is 0.242 e. The molecule has 0 aliphatic heterocycles. The maximum Gasteiger partial charge on any atom is 0.242 e. The van der Waals surface area contributed by atoms with E-state index < -0.39 is 8.32 Å². The van der Waals surface area contributed by atoms with Crippen LogP contribution < -0.4 is 0 Å². The van der Waals surface area contributed by atoms with Crippen LogP contribution in [0.5, 0.6) is 0 Å². The summed E-state index contributed by atoms with van der Waals surface area (Å²) < 4.78 is 6.85. The van der Waals surface area contributed by atoms with Gasteiger partial charge in [0, 0.05) is 10.0 Å². The third kappa shape index (κ3) is 3.68. The second-order valence-corrected chi connectivity index (χ2v) is 9.49. The van der Waals surface area contributed by atoms with Crippen LogP contribution >= 0.6 is 15.9 Å². The van der Waals surface area contributed by atoms with Crippen LogP contribution in [0.4, 0.5) is 0 Å². The Kier molecular flexibility index (Phi) is 3.56. The molecule has 76 valence electrons. The highest BCUT2D eigenvalue weighted by Gasteiger charge is 2.17. The van der Waals surface area contributed by atoms with E-state index >= 15 is 0 Å². The molecule has 0 fully saturated rings. The van der Waals surface area contributed by atoms with Crippen molar-refractivity contribution in [2.45, 2.75) is 19.6 Å². The Morgan fingerprint density at radius 1 is 1.36 bits per heavy atom. The lowest BCUT2D eigenvalue weighted by Crippen LogP contribution is -2.24. The first-order valence-electron chi connectivity index (χ1n) is 4.52. The molecule has 1 aromatic rings. The van der Waals surface area contributed by atoms with E-state index in [0.29, 0.717) is 0 Å². The minimum absolute atomic E-state index is 0.769. The van der Waals surface area contributed by atoms with Gasteiger partial charge in [-0.15, -0.1) is 0 Å². The van der Waals surface area contributed by atoms with Gasteiger partial charge in [-0.1, -0.05) is 34.6 Å². The van der Waals surface area contributed by atoms with Crippen molar-refractivity contribution in [2.24, 2.45) is 0 Å². The van der Waals surface area contributed by atoms with Crippen molar-refractivity contribution >= 4 is 30.0 Å². The standard InChI is InChI=1S/C11H15BrOSi/c1-9(13-14(2,3)4)10-6-5-7-11(12)8-10/h5-8H,1H2,2-4H3. The predicted octanol–water partition coefficient (Wildman–Crippen LogP) is 4.27. The highest BCUT2D eigenvalue weighted by Crippen LogP contribution is 2.21. The molecule has 1 aromatic carbocycles. The summed E-state index contributed by atoms with van der Waals surface area (Å²) >= 11 is 3.42. The lowest BCUT2D eigenvalue weighted by Gasteiger charge is -2.21.